The number of hydrogen-bond acceptors (Lipinski definition) is 3. The summed E-state index contributed by atoms with van der Waals surface area (Å²) in [6, 6.07) is 0. The average Bonchev–Trinajstić information content (AvgIpc) is 2.19. The molecule has 0 saturated carbocycles. The van der Waals surface area contributed by atoms with Gasteiger partial charge in [-0.3, -0.25) is 4.79 Å². The Morgan fingerprint density at radius 1 is 1.36 bits per heavy atom. The van der Waals surface area contributed by atoms with E-state index in [2.05, 4.69) is 4.74 Å². The van der Waals surface area contributed by atoms with E-state index in [1.165, 1.54) is 4.90 Å². The van der Waals surface area contributed by atoms with Gasteiger partial charge in [0.15, 0.2) is 6.61 Å². The summed E-state index contributed by atoms with van der Waals surface area (Å²) < 4.78 is 15.7. The molecule has 0 aromatic rings. The van der Waals surface area contributed by atoms with Crippen LogP contribution in [-0.4, -0.2) is 36.5 Å². The standard InChI is InChI=1S/C9H12FNO3/c1-3-11(4-2)8(12)9(13)14-7-5-6-10/h3-4,7H2,1-2H3. The van der Waals surface area contributed by atoms with E-state index in [1.54, 1.807) is 13.8 Å². The van der Waals surface area contributed by atoms with Gasteiger partial charge in [-0.25, -0.2) is 4.79 Å². The smallest absolute Gasteiger partial charge is 0.397 e. The van der Waals surface area contributed by atoms with Crippen molar-refractivity contribution >= 4 is 11.9 Å². The van der Waals surface area contributed by atoms with E-state index in [1.807, 2.05) is 5.92 Å². The van der Waals surface area contributed by atoms with Crippen LogP contribution in [0.3, 0.4) is 0 Å². The monoisotopic (exact) mass is 201 g/mol. The van der Waals surface area contributed by atoms with Crippen molar-refractivity contribution in [2.45, 2.75) is 13.8 Å². The highest BCUT2D eigenvalue weighted by atomic mass is 19.1. The van der Waals surface area contributed by atoms with Crippen LogP contribution in [0.2, 0.25) is 0 Å². The van der Waals surface area contributed by atoms with Crippen molar-refractivity contribution in [3.63, 3.8) is 0 Å². The highest BCUT2D eigenvalue weighted by Crippen LogP contribution is 1.91. The van der Waals surface area contributed by atoms with Crippen LogP contribution in [0.25, 0.3) is 0 Å². The van der Waals surface area contributed by atoms with Gasteiger partial charge in [0, 0.05) is 13.1 Å². The van der Waals surface area contributed by atoms with Gasteiger partial charge in [-0.05, 0) is 19.8 Å². The van der Waals surface area contributed by atoms with Crippen LogP contribution in [0.1, 0.15) is 13.8 Å². The molecule has 0 spiro atoms. The molecule has 1 amide bonds. The van der Waals surface area contributed by atoms with Crippen LogP contribution in [0, 0.1) is 12.1 Å². The minimum Gasteiger partial charge on any atom is -0.445 e. The van der Waals surface area contributed by atoms with E-state index in [4.69, 9.17) is 0 Å². The average molecular weight is 201 g/mol. The Morgan fingerprint density at radius 3 is 2.36 bits per heavy atom. The SMILES string of the molecule is CCN(CC)C(=O)C(=O)OCC#CF. The Hall–Kier alpha value is -1.57. The van der Waals surface area contributed by atoms with Crippen LogP contribution in [-0.2, 0) is 14.3 Å². The highest BCUT2D eigenvalue weighted by Gasteiger charge is 2.20. The molecule has 0 bridgehead atoms. The van der Waals surface area contributed by atoms with Gasteiger partial charge in [-0.15, -0.1) is 4.39 Å². The molecule has 0 atom stereocenters. The van der Waals surface area contributed by atoms with Crippen LogP contribution in [0.4, 0.5) is 4.39 Å². The predicted octanol–water partition coefficient (Wildman–Crippen LogP) is 0.328. The molecule has 0 rings (SSSR count). The van der Waals surface area contributed by atoms with Crippen molar-refractivity contribution < 1.29 is 18.7 Å². The van der Waals surface area contributed by atoms with Gasteiger partial charge in [-0.2, -0.15) is 0 Å². The predicted molar refractivity (Wildman–Crippen MR) is 47.8 cm³/mol. The van der Waals surface area contributed by atoms with Gasteiger partial charge in [0.1, 0.15) is 6.17 Å². The molecule has 78 valence electrons. The largest absolute Gasteiger partial charge is 0.445 e. The summed E-state index contributed by atoms with van der Waals surface area (Å²) in [6.07, 6.45) is 1.07. The van der Waals surface area contributed by atoms with Gasteiger partial charge in [-0.1, -0.05) is 0 Å². The maximum Gasteiger partial charge on any atom is 0.397 e. The Balaban J connectivity index is 4.08. The first-order chi connectivity index (χ1) is 6.67. The minimum atomic E-state index is -1.00. The molecule has 0 radical (unpaired) electrons. The summed E-state index contributed by atoms with van der Waals surface area (Å²) in [5, 5.41) is 0. The molecular formula is C9H12FNO3. The Labute approximate surface area is 82.0 Å². The summed E-state index contributed by atoms with van der Waals surface area (Å²) in [6.45, 7) is 3.95. The van der Waals surface area contributed by atoms with Crippen LogP contribution < -0.4 is 0 Å². The number of halogens is 1. The maximum atomic E-state index is 11.3. The normalized spacial score (nSPS) is 8.50. The zero-order valence-electron chi connectivity index (χ0n) is 8.17. The number of carbonyl (C=O) groups excluding carboxylic acids is 2. The molecule has 0 aliphatic rings. The fraction of sp³-hybridized carbons (Fsp3) is 0.556. The molecule has 4 nitrogen and oxygen atoms in total. The van der Waals surface area contributed by atoms with Gasteiger partial charge in [0.25, 0.3) is 0 Å². The number of amides is 1. The third-order valence-electron chi connectivity index (χ3n) is 1.57. The van der Waals surface area contributed by atoms with Crippen molar-refractivity contribution in [1.82, 2.24) is 4.90 Å². The first-order valence-electron chi connectivity index (χ1n) is 4.21. The van der Waals surface area contributed by atoms with Crippen LogP contribution in [0.15, 0.2) is 0 Å². The Morgan fingerprint density at radius 2 is 1.93 bits per heavy atom. The summed E-state index contributed by atoms with van der Waals surface area (Å²) >= 11 is 0. The number of rotatable bonds is 3. The summed E-state index contributed by atoms with van der Waals surface area (Å²) in [7, 11) is 0. The lowest BCUT2D eigenvalue weighted by molar-refractivity contribution is -0.159. The first kappa shape index (κ1) is 12.4. The molecular weight excluding hydrogens is 189 g/mol. The highest BCUT2D eigenvalue weighted by molar-refractivity contribution is 6.32. The number of nitrogens with zero attached hydrogens (tertiary/aromatic N) is 1. The molecule has 0 aliphatic heterocycles. The quantitative estimate of drug-likeness (QED) is 0.375. The lowest BCUT2D eigenvalue weighted by Gasteiger charge is -2.16. The summed E-state index contributed by atoms with van der Waals surface area (Å²) in [5.41, 5.74) is 0. The molecule has 5 heteroatoms. The van der Waals surface area contributed by atoms with E-state index >= 15 is 0 Å². The minimum absolute atomic E-state index is 0.400. The van der Waals surface area contributed by atoms with Crippen molar-refractivity contribution in [2.75, 3.05) is 19.7 Å². The van der Waals surface area contributed by atoms with Crippen LogP contribution in [0.5, 0.6) is 0 Å². The number of likely N-dealkylation sites (N-methyl/N-ethyl adjacent to an activating group) is 1. The van der Waals surface area contributed by atoms with Crippen molar-refractivity contribution in [3.8, 4) is 12.1 Å². The number of esters is 1. The van der Waals surface area contributed by atoms with Crippen molar-refractivity contribution in [2.24, 2.45) is 0 Å². The zero-order valence-corrected chi connectivity index (χ0v) is 8.17. The lowest BCUT2D eigenvalue weighted by Crippen LogP contribution is -2.37. The van der Waals surface area contributed by atoms with E-state index in [9.17, 15) is 14.0 Å². The molecule has 0 unspecified atom stereocenters. The molecule has 0 aliphatic carbocycles. The second-order valence-electron chi connectivity index (χ2n) is 2.32. The second-order valence-corrected chi connectivity index (χ2v) is 2.32. The number of hydrogen-bond donors (Lipinski definition) is 0. The molecule has 0 aromatic heterocycles. The van der Waals surface area contributed by atoms with Crippen molar-refractivity contribution in [1.29, 1.82) is 0 Å². The van der Waals surface area contributed by atoms with Crippen molar-refractivity contribution in [3.05, 3.63) is 0 Å². The van der Waals surface area contributed by atoms with E-state index in [-0.39, 0.29) is 0 Å². The third kappa shape index (κ3) is 3.90. The molecule has 0 fully saturated rings. The zero-order chi connectivity index (χ0) is 11.0. The Kier molecular flexibility index (Phi) is 6.12. The second kappa shape index (κ2) is 6.89. The van der Waals surface area contributed by atoms with E-state index < -0.39 is 18.5 Å². The van der Waals surface area contributed by atoms with Gasteiger partial charge in [0.2, 0.25) is 0 Å². The number of carbonyl (C=O) groups is 2. The summed E-state index contributed by atoms with van der Waals surface area (Å²) in [5.74, 6) is 0.149. The van der Waals surface area contributed by atoms with Gasteiger partial charge < -0.3 is 9.64 Å². The van der Waals surface area contributed by atoms with Gasteiger partial charge >= 0.3 is 11.9 Å². The molecule has 0 N–H and O–H groups in total. The fourth-order valence-electron chi connectivity index (χ4n) is 0.831. The number of ether oxygens (including phenoxy) is 1. The molecule has 0 saturated heterocycles. The van der Waals surface area contributed by atoms with Gasteiger partial charge in [0.05, 0.1) is 0 Å². The molecule has 14 heavy (non-hydrogen) atoms. The fourth-order valence-corrected chi connectivity index (χ4v) is 0.831. The van der Waals surface area contributed by atoms with E-state index in [0.29, 0.717) is 13.1 Å². The molecule has 0 heterocycles. The maximum absolute atomic E-state index is 11.3. The third-order valence-corrected chi connectivity index (χ3v) is 1.57. The summed E-state index contributed by atoms with van der Waals surface area (Å²) in [4.78, 5) is 23.5. The van der Waals surface area contributed by atoms with Crippen LogP contribution >= 0.6 is 0 Å². The molecule has 0 aromatic carbocycles. The topological polar surface area (TPSA) is 46.6 Å². The Bertz CT molecular complexity index is 263. The van der Waals surface area contributed by atoms with E-state index in [0.717, 1.165) is 6.17 Å². The lowest BCUT2D eigenvalue weighted by atomic mass is 10.4. The first-order valence-corrected chi connectivity index (χ1v) is 4.21.